The van der Waals surface area contributed by atoms with E-state index in [4.69, 9.17) is 4.74 Å². The average molecular weight is 440 g/mol. The molecule has 0 fully saturated rings. The lowest BCUT2D eigenvalue weighted by atomic mass is 10.1. The molecule has 1 N–H and O–H groups in total. The van der Waals surface area contributed by atoms with Gasteiger partial charge in [-0.15, -0.1) is 0 Å². The average Bonchev–Trinajstić information content (AvgIpc) is 3.41. The predicted molar refractivity (Wildman–Crippen MR) is 122 cm³/mol. The van der Waals surface area contributed by atoms with Crippen molar-refractivity contribution in [3.8, 4) is 11.6 Å². The Morgan fingerprint density at radius 2 is 1.88 bits per heavy atom. The molecule has 162 valence electrons. The van der Waals surface area contributed by atoms with Crippen molar-refractivity contribution in [2.45, 2.75) is 6.54 Å². The van der Waals surface area contributed by atoms with Gasteiger partial charge in [-0.25, -0.2) is 9.07 Å². The van der Waals surface area contributed by atoms with E-state index in [2.05, 4.69) is 20.3 Å². The van der Waals surface area contributed by atoms with E-state index in [-0.39, 0.29) is 17.2 Å². The molecule has 0 atom stereocenters. The molecule has 8 nitrogen and oxygen atoms in total. The number of ether oxygens (including phenoxy) is 1. The minimum atomic E-state index is -0.476. The normalized spacial score (nSPS) is 11.6. The van der Waals surface area contributed by atoms with Crippen LogP contribution in [0.15, 0.2) is 71.8 Å². The fourth-order valence-corrected chi connectivity index (χ4v) is 4.14. The lowest BCUT2D eigenvalue weighted by molar-refractivity contribution is 0.428. The van der Waals surface area contributed by atoms with Gasteiger partial charge in [-0.3, -0.25) is 9.89 Å². The molecule has 0 radical (unpaired) electrons. The van der Waals surface area contributed by atoms with Gasteiger partial charge < -0.3 is 9.30 Å². The second-order valence-electron chi connectivity index (χ2n) is 7.73. The summed E-state index contributed by atoms with van der Waals surface area (Å²) < 4.78 is 22.8. The van der Waals surface area contributed by atoms with E-state index < -0.39 is 5.82 Å². The molecule has 0 aliphatic carbocycles. The highest BCUT2D eigenvalue weighted by atomic mass is 19.1. The number of aryl methyl sites for hydroxylation is 1. The molecule has 0 unspecified atom stereocenters. The van der Waals surface area contributed by atoms with Gasteiger partial charge in [-0.2, -0.15) is 15.2 Å². The molecule has 0 aliphatic rings. The molecule has 0 amide bonds. The summed E-state index contributed by atoms with van der Waals surface area (Å²) in [5, 5.41) is 13.8. The molecule has 33 heavy (non-hydrogen) atoms. The van der Waals surface area contributed by atoms with Crippen molar-refractivity contribution in [1.82, 2.24) is 29.5 Å². The maximum atomic E-state index is 14.0. The van der Waals surface area contributed by atoms with Crippen molar-refractivity contribution < 1.29 is 9.13 Å². The number of H-pyrrole nitrogens is 1. The van der Waals surface area contributed by atoms with Crippen LogP contribution in [0.25, 0.3) is 32.8 Å². The summed E-state index contributed by atoms with van der Waals surface area (Å²) in [5.41, 5.74) is 2.64. The van der Waals surface area contributed by atoms with Crippen LogP contribution in [0.3, 0.4) is 0 Å². The molecule has 0 saturated heterocycles. The molecule has 6 rings (SSSR count). The Morgan fingerprint density at radius 1 is 1.00 bits per heavy atom. The quantitative estimate of drug-likeness (QED) is 0.445. The van der Waals surface area contributed by atoms with Crippen LogP contribution in [0.1, 0.15) is 5.56 Å². The van der Waals surface area contributed by atoms with Crippen LogP contribution in [0, 0.1) is 5.82 Å². The molecular weight excluding hydrogens is 423 g/mol. The van der Waals surface area contributed by atoms with Gasteiger partial charge in [0.15, 0.2) is 11.6 Å². The Kier molecular flexibility index (Phi) is 4.22. The molecule has 9 heteroatoms. The second kappa shape index (κ2) is 7.27. The van der Waals surface area contributed by atoms with Crippen molar-refractivity contribution in [3.63, 3.8) is 0 Å². The Balaban J connectivity index is 1.45. The van der Waals surface area contributed by atoms with Crippen molar-refractivity contribution in [2.24, 2.45) is 7.05 Å². The third-order valence-electron chi connectivity index (χ3n) is 5.76. The Labute approximate surface area is 185 Å². The van der Waals surface area contributed by atoms with Crippen molar-refractivity contribution in [2.75, 3.05) is 0 Å². The van der Waals surface area contributed by atoms with Crippen molar-refractivity contribution in [1.29, 1.82) is 0 Å². The molecule has 0 spiro atoms. The maximum Gasteiger partial charge on any atom is 0.291 e. The third kappa shape index (κ3) is 3.05. The number of para-hydroxylation sites is 1. The fourth-order valence-electron chi connectivity index (χ4n) is 4.14. The van der Waals surface area contributed by atoms with Crippen LogP contribution >= 0.6 is 0 Å². The maximum absolute atomic E-state index is 14.0. The summed E-state index contributed by atoms with van der Waals surface area (Å²) in [4.78, 5) is 17.9. The lowest BCUT2D eigenvalue weighted by Crippen LogP contribution is -2.24. The number of hydrogen-bond acceptors (Lipinski definition) is 5. The van der Waals surface area contributed by atoms with E-state index in [1.807, 2.05) is 18.2 Å². The van der Waals surface area contributed by atoms with Crippen molar-refractivity contribution >= 4 is 32.8 Å². The summed E-state index contributed by atoms with van der Waals surface area (Å²) in [6.45, 7) is 0.308. The number of pyridine rings is 1. The summed E-state index contributed by atoms with van der Waals surface area (Å²) in [6, 6.07) is 15.4. The summed E-state index contributed by atoms with van der Waals surface area (Å²) >= 11 is 0. The molecule has 0 aliphatic heterocycles. The first-order valence-corrected chi connectivity index (χ1v) is 10.3. The first-order valence-electron chi connectivity index (χ1n) is 10.3. The molecule has 6 aromatic rings. The van der Waals surface area contributed by atoms with Gasteiger partial charge in [0, 0.05) is 29.3 Å². The molecule has 2 aromatic carbocycles. The van der Waals surface area contributed by atoms with Gasteiger partial charge in [-0.05, 0) is 29.8 Å². The monoisotopic (exact) mass is 440 g/mol. The van der Waals surface area contributed by atoms with Gasteiger partial charge in [0.1, 0.15) is 11.2 Å². The van der Waals surface area contributed by atoms with Crippen LogP contribution in [-0.4, -0.2) is 29.5 Å². The van der Waals surface area contributed by atoms with Crippen molar-refractivity contribution in [3.05, 3.63) is 88.7 Å². The number of benzene rings is 2. The lowest BCUT2D eigenvalue weighted by Gasteiger charge is -2.07. The minimum absolute atomic E-state index is 0.0839. The predicted octanol–water partition coefficient (Wildman–Crippen LogP) is 4.14. The first-order chi connectivity index (χ1) is 16.1. The third-order valence-corrected chi connectivity index (χ3v) is 5.76. The number of hydrogen-bond donors (Lipinski definition) is 1. The van der Waals surface area contributed by atoms with E-state index in [1.54, 1.807) is 48.3 Å². The Morgan fingerprint density at radius 3 is 2.76 bits per heavy atom. The topological polar surface area (TPSA) is 90.6 Å². The highest BCUT2D eigenvalue weighted by Crippen LogP contribution is 2.29. The van der Waals surface area contributed by atoms with Gasteiger partial charge in [0.25, 0.3) is 5.56 Å². The zero-order valence-corrected chi connectivity index (χ0v) is 17.5. The van der Waals surface area contributed by atoms with Crippen LogP contribution in [-0.2, 0) is 13.6 Å². The first kappa shape index (κ1) is 19.2. The smallest absolute Gasteiger partial charge is 0.291 e. The van der Waals surface area contributed by atoms with Gasteiger partial charge in [0.2, 0.25) is 5.88 Å². The number of fused-ring (bicyclic) bond motifs is 4. The number of aromatic nitrogens is 6. The number of rotatable bonds is 4. The Hall–Kier alpha value is -4.53. The minimum Gasteiger partial charge on any atom is -0.436 e. The van der Waals surface area contributed by atoms with Crippen LogP contribution in [0.4, 0.5) is 4.39 Å². The molecule has 0 bridgehead atoms. The second-order valence-corrected chi connectivity index (χ2v) is 7.73. The van der Waals surface area contributed by atoms with E-state index >= 15 is 0 Å². The number of nitrogens with zero attached hydrogens (tertiary/aromatic N) is 5. The van der Waals surface area contributed by atoms with Gasteiger partial charge >= 0.3 is 0 Å². The number of nitrogens with one attached hydrogen (secondary N) is 1. The molecule has 4 heterocycles. The summed E-state index contributed by atoms with van der Waals surface area (Å²) in [6.07, 6.45) is 3.42. The largest absolute Gasteiger partial charge is 0.436 e. The summed E-state index contributed by atoms with van der Waals surface area (Å²) in [5.74, 6) is -0.157. The van der Waals surface area contributed by atoms with E-state index in [0.29, 0.717) is 23.1 Å². The zero-order chi connectivity index (χ0) is 22.5. The number of halogens is 1. The van der Waals surface area contributed by atoms with Gasteiger partial charge in [-0.1, -0.05) is 24.3 Å². The van der Waals surface area contributed by atoms with Crippen LogP contribution in [0.2, 0.25) is 0 Å². The van der Waals surface area contributed by atoms with Gasteiger partial charge in [0.05, 0.1) is 24.5 Å². The number of aromatic amines is 1. The highest BCUT2D eigenvalue weighted by molar-refractivity contribution is 6.05. The van der Waals surface area contributed by atoms with E-state index in [0.717, 1.165) is 21.9 Å². The Bertz CT molecular complexity index is 1730. The van der Waals surface area contributed by atoms with E-state index in [9.17, 15) is 9.18 Å². The fraction of sp³-hybridized carbons (Fsp3) is 0.0833. The zero-order valence-electron chi connectivity index (χ0n) is 17.5. The molecule has 0 saturated carbocycles. The van der Waals surface area contributed by atoms with Crippen LogP contribution < -0.4 is 10.3 Å². The standard InChI is InChI=1S/C24H17FN6O2/c1-30-22-17(15-9-10-21(28-23(15)30)33-20-8-3-2-6-18(20)25)12-27-31(24(22)32)13-14-5-4-7-19-16(14)11-26-29-19/h2-12H,13H2,1H3,(H,26,29). The van der Waals surface area contributed by atoms with Crippen LogP contribution in [0.5, 0.6) is 11.6 Å². The SMILES string of the molecule is Cn1c2nc(Oc3ccccc3F)ccc2c2cnn(Cc3cccc4[nH]ncc34)c(=O)c21. The van der Waals surface area contributed by atoms with E-state index in [1.165, 1.54) is 16.8 Å². The molecule has 4 aromatic heterocycles. The highest BCUT2D eigenvalue weighted by Gasteiger charge is 2.17. The summed E-state index contributed by atoms with van der Waals surface area (Å²) in [7, 11) is 1.77. The molecular formula is C24H17FN6O2.